The van der Waals surface area contributed by atoms with Crippen LogP contribution in [-0.2, 0) is 43.3 Å². The second-order valence-electron chi connectivity index (χ2n) is 12.2. The second kappa shape index (κ2) is 15.5. The number of carbonyl (C=O) groups excluding carboxylic acids is 1. The van der Waals surface area contributed by atoms with Crippen LogP contribution in [0.15, 0.2) is 120 Å². The molecule has 1 amide bonds. The minimum Gasteiger partial charge on any atom is -0.337 e. The average Bonchev–Trinajstić information content (AvgIpc) is 3.13. The lowest BCUT2D eigenvalue weighted by Crippen LogP contribution is -2.35. The maximum Gasteiger partial charge on any atom is 0.416 e. The van der Waals surface area contributed by atoms with E-state index in [0.29, 0.717) is 41.7 Å². The van der Waals surface area contributed by atoms with Gasteiger partial charge < -0.3 is 9.47 Å². The maximum atomic E-state index is 14.5. The van der Waals surface area contributed by atoms with Gasteiger partial charge in [-0.3, -0.25) is 14.6 Å². The minimum atomic E-state index is -4.42. The smallest absolute Gasteiger partial charge is 0.337 e. The van der Waals surface area contributed by atoms with E-state index in [9.17, 15) is 31.5 Å². The summed E-state index contributed by atoms with van der Waals surface area (Å²) in [6.07, 6.45) is 0.303. The van der Waals surface area contributed by atoms with Gasteiger partial charge in [0.1, 0.15) is 12.2 Å². The summed E-state index contributed by atoms with van der Waals surface area (Å²) in [6.45, 7) is 0.456. The maximum absolute atomic E-state index is 14.5. The normalized spacial score (nSPS) is 11.5. The van der Waals surface area contributed by atoms with Gasteiger partial charge in [0.2, 0.25) is 5.91 Å². The average molecular weight is 697 g/mol. The Morgan fingerprint density at radius 3 is 2.20 bits per heavy atom. The zero-order valence-corrected chi connectivity index (χ0v) is 27.4. The van der Waals surface area contributed by atoms with Crippen molar-refractivity contribution in [1.29, 1.82) is 0 Å². The molecular weight excluding hydrogens is 663 g/mol. The highest BCUT2D eigenvalue weighted by Crippen LogP contribution is 2.31. The number of rotatable bonds is 12. The predicted molar refractivity (Wildman–Crippen MR) is 185 cm³/mol. The first-order chi connectivity index (χ1) is 24.6. The van der Waals surface area contributed by atoms with Gasteiger partial charge in [-0.25, -0.2) is 13.8 Å². The highest BCUT2D eigenvalue weighted by Gasteiger charge is 2.30. The number of alkyl halides is 3. The lowest BCUT2D eigenvalue weighted by Gasteiger charge is -2.25. The first-order valence-electron chi connectivity index (χ1n) is 16.4. The van der Waals surface area contributed by atoms with E-state index < -0.39 is 23.4 Å². The molecule has 3 aromatic carbocycles. The molecule has 3 heterocycles. The van der Waals surface area contributed by atoms with E-state index >= 15 is 0 Å². The van der Waals surface area contributed by atoms with Crippen molar-refractivity contribution in [2.24, 2.45) is 0 Å². The Hall–Kier alpha value is -5.71. The molecular formula is C40H33F5N4O2. The molecule has 11 heteroatoms. The number of carbonyl (C=O) groups is 1. The van der Waals surface area contributed by atoms with Gasteiger partial charge in [0.05, 0.1) is 10.9 Å². The summed E-state index contributed by atoms with van der Waals surface area (Å²) in [7, 11) is 0. The topological polar surface area (TPSA) is 68.1 Å². The summed E-state index contributed by atoms with van der Waals surface area (Å²) in [5, 5.41) is 0.326. The molecule has 3 aromatic heterocycles. The molecule has 0 fully saturated rings. The van der Waals surface area contributed by atoms with Crippen molar-refractivity contribution in [3.8, 4) is 11.1 Å². The molecule has 0 saturated carbocycles. The molecule has 0 unspecified atom stereocenters. The fraction of sp³-hybridized carbons (Fsp3) is 0.200. The number of benzene rings is 3. The zero-order valence-electron chi connectivity index (χ0n) is 27.4. The Morgan fingerprint density at radius 2 is 1.49 bits per heavy atom. The number of aryl methyl sites for hydroxylation is 3. The Bertz CT molecular complexity index is 2190. The molecule has 0 aliphatic heterocycles. The van der Waals surface area contributed by atoms with Crippen LogP contribution in [0.5, 0.6) is 0 Å². The largest absolute Gasteiger partial charge is 0.416 e. The minimum absolute atomic E-state index is 0.0919. The predicted octanol–water partition coefficient (Wildman–Crippen LogP) is 8.20. The fourth-order valence-corrected chi connectivity index (χ4v) is 6.03. The van der Waals surface area contributed by atoms with E-state index in [-0.39, 0.29) is 42.8 Å². The van der Waals surface area contributed by atoms with Gasteiger partial charge in [-0.05, 0) is 90.4 Å². The Kier molecular flexibility index (Phi) is 10.6. The van der Waals surface area contributed by atoms with E-state index in [2.05, 4.69) is 9.97 Å². The highest BCUT2D eigenvalue weighted by molar-refractivity contribution is 5.80. The zero-order chi connectivity index (χ0) is 36.0. The number of amides is 1. The molecule has 0 aliphatic carbocycles. The number of halogens is 5. The van der Waals surface area contributed by atoms with Gasteiger partial charge in [0.15, 0.2) is 17.1 Å². The van der Waals surface area contributed by atoms with Crippen LogP contribution < -0.4 is 5.43 Å². The van der Waals surface area contributed by atoms with Crippen LogP contribution in [-0.4, -0.2) is 31.9 Å². The SMILES string of the molecule is O=C(Cn1c(CCc2cccc(F)c2F)cc(=O)c2cccnc21)N(CCCc1ccccn1)Cc1ccc(-c2ccc(C(F)(F)F)cc2)cc1. The Labute approximate surface area is 290 Å². The number of aromatic nitrogens is 3. The van der Waals surface area contributed by atoms with Gasteiger partial charge >= 0.3 is 6.18 Å². The van der Waals surface area contributed by atoms with E-state index in [0.717, 1.165) is 35.0 Å². The monoisotopic (exact) mass is 696 g/mol. The molecule has 6 nitrogen and oxygen atoms in total. The number of fused-ring (bicyclic) bond motifs is 1. The summed E-state index contributed by atoms with van der Waals surface area (Å²) < 4.78 is 69.3. The molecule has 0 atom stereocenters. The van der Waals surface area contributed by atoms with Crippen molar-refractivity contribution < 1.29 is 26.7 Å². The standard InChI is InChI=1S/C40H33F5N4O2/c41-35-10-3-6-30(38(35)42)17-20-33-24-36(50)34-9-4-22-47-39(34)49(33)26-37(51)48(23-5-8-32-7-1-2-21-46-32)25-27-11-13-28(14-12-27)29-15-18-31(19-16-29)40(43,44)45/h1-4,6-7,9-16,18-19,21-22,24H,5,8,17,20,23,25-26H2. The number of hydrogen-bond acceptors (Lipinski definition) is 4. The summed E-state index contributed by atoms with van der Waals surface area (Å²) in [4.78, 5) is 37.8. The lowest BCUT2D eigenvalue weighted by molar-refractivity contribution is -0.137. The van der Waals surface area contributed by atoms with Crippen molar-refractivity contribution in [3.63, 3.8) is 0 Å². The van der Waals surface area contributed by atoms with Gasteiger partial charge in [-0.2, -0.15) is 13.2 Å². The number of pyridine rings is 3. The van der Waals surface area contributed by atoms with Gasteiger partial charge in [-0.15, -0.1) is 0 Å². The quantitative estimate of drug-likeness (QED) is 0.121. The van der Waals surface area contributed by atoms with Crippen LogP contribution >= 0.6 is 0 Å². The summed E-state index contributed by atoms with van der Waals surface area (Å²) >= 11 is 0. The van der Waals surface area contributed by atoms with Crippen molar-refractivity contribution in [1.82, 2.24) is 19.4 Å². The summed E-state index contributed by atoms with van der Waals surface area (Å²) in [5.41, 5.74) is 2.94. The van der Waals surface area contributed by atoms with E-state index in [1.54, 1.807) is 39.9 Å². The van der Waals surface area contributed by atoms with Gasteiger partial charge in [0, 0.05) is 42.9 Å². The molecule has 0 spiro atoms. The molecule has 0 radical (unpaired) electrons. The molecule has 0 saturated heterocycles. The van der Waals surface area contributed by atoms with Gasteiger partial charge in [-0.1, -0.05) is 54.6 Å². The van der Waals surface area contributed by atoms with Crippen LogP contribution in [0.25, 0.3) is 22.2 Å². The van der Waals surface area contributed by atoms with E-state index in [1.807, 2.05) is 30.3 Å². The first-order valence-corrected chi connectivity index (χ1v) is 16.4. The third-order valence-corrected chi connectivity index (χ3v) is 8.74. The van der Waals surface area contributed by atoms with E-state index in [4.69, 9.17) is 0 Å². The lowest BCUT2D eigenvalue weighted by atomic mass is 10.0. The van der Waals surface area contributed by atoms with Crippen LogP contribution in [0.3, 0.4) is 0 Å². The molecule has 0 bridgehead atoms. The highest BCUT2D eigenvalue weighted by atomic mass is 19.4. The Morgan fingerprint density at radius 1 is 0.765 bits per heavy atom. The van der Waals surface area contributed by atoms with Crippen molar-refractivity contribution in [2.45, 2.75) is 44.9 Å². The molecule has 6 aromatic rings. The molecule has 6 rings (SSSR count). The van der Waals surface area contributed by atoms with Crippen molar-refractivity contribution >= 4 is 16.9 Å². The van der Waals surface area contributed by atoms with Crippen molar-refractivity contribution in [2.75, 3.05) is 6.54 Å². The van der Waals surface area contributed by atoms with Crippen molar-refractivity contribution in [3.05, 3.63) is 165 Å². The number of hydrogen-bond donors (Lipinski definition) is 0. The third-order valence-electron chi connectivity index (χ3n) is 8.74. The fourth-order valence-electron chi connectivity index (χ4n) is 6.03. The molecule has 51 heavy (non-hydrogen) atoms. The van der Waals surface area contributed by atoms with Crippen LogP contribution in [0, 0.1) is 11.6 Å². The van der Waals surface area contributed by atoms with E-state index in [1.165, 1.54) is 36.5 Å². The van der Waals surface area contributed by atoms with Crippen LogP contribution in [0.2, 0.25) is 0 Å². The van der Waals surface area contributed by atoms with Gasteiger partial charge in [0.25, 0.3) is 0 Å². The second-order valence-corrected chi connectivity index (χ2v) is 12.2. The summed E-state index contributed by atoms with van der Waals surface area (Å²) in [6, 6.07) is 26.5. The molecule has 260 valence electrons. The molecule has 0 N–H and O–H groups in total. The number of nitrogens with zero attached hydrogens (tertiary/aromatic N) is 4. The summed E-state index contributed by atoms with van der Waals surface area (Å²) in [5.74, 6) is -2.17. The van der Waals surface area contributed by atoms with Crippen LogP contribution in [0.1, 0.15) is 34.5 Å². The first kappa shape index (κ1) is 35.1. The Balaban J connectivity index is 1.26. The van der Waals surface area contributed by atoms with Crippen LogP contribution in [0.4, 0.5) is 22.0 Å². The molecule has 0 aliphatic rings. The third kappa shape index (κ3) is 8.54.